The Kier molecular flexibility index (Phi) is 6.23. The van der Waals surface area contributed by atoms with Crippen LogP contribution in [0.15, 0.2) is 65.6 Å². The van der Waals surface area contributed by atoms with Gasteiger partial charge in [-0.2, -0.15) is 0 Å². The van der Waals surface area contributed by atoms with Gasteiger partial charge in [0.2, 0.25) is 15.8 Å². The number of sulfonamides is 1. The van der Waals surface area contributed by atoms with Crippen LogP contribution in [0.3, 0.4) is 0 Å². The maximum atomic E-state index is 14.1. The fourth-order valence-electron chi connectivity index (χ4n) is 3.11. The summed E-state index contributed by atoms with van der Waals surface area (Å²) in [6.45, 7) is 1.67. The van der Waals surface area contributed by atoms with E-state index >= 15 is 0 Å². The average Bonchev–Trinajstić information content (AvgIpc) is 2.75. The Labute approximate surface area is 170 Å². The fraction of sp³-hybridized carbons (Fsp3) is 0.143. The molecule has 0 bridgehead atoms. The molecule has 9 heteroatoms. The molecule has 158 valence electrons. The second-order valence-electron chi connectivity index (χ2n) is 6.61. The van der Waals surface area contributed by atoms with Crippen LogP contribution in [-0.2, 0) is 10.0 Å². The van der Waals surface area contributed by atoms with Crippen molar-refractivity contribution in [3.63, 3.8) is 0 Å². The van der Waals surface area contributed by atoms with Gasteiger partial charge in [-0.05, 0) is 11.1 Å². The normalized spacial score (nSPS) is 13.8. The lowest BCUT2D eigenvalue weighted by Crippen LogP contribution is -2.33. The molecule has 0 saturated heterocycles. The highest BCUT2D eigenvalue weighted by Crippen LogP contribution is 2.34. The highest BCUT2D eigenvalue weighted by atomic mass is 32.2. The van der Waals surface area contributed by atoms with Crippen molar-refractivity contribution in [1.82, 2.24) is 4.72 Å². The van der Waals surface area contributed by atoms with Crippen LogP contribution in [-0.4, -0.2) is 8.42 Å². The van der Waals surface area contributed by atoms with Gasteiger partial charge < -0.3 is 0 Å². The number of halogens is 5. The molecule has 0 aliphatic rings. The number of nitrogens with one attached hydrogen (secondary N) is 1. The Hall–Kier alpha value is -2.78. The van der Waals surface area contributed by atoms with Gasteiger partial charge in [0.25, 0.3) is 0 Å². The van der Waals surface area contributed by atoms with Crippen molar-refractivity contribution in [3.8, 4) is 0 Å². The summed E-state index contributed by atoms with van der Waals surface area (Å²) in [6, 6.07) is 15.8. The van der Waals surface area contributed by atoms with E-state index in [0.29, 0.717) is 11.1 Å². The predicted octanol–water partition coefficient (Wildman–Crippen LogP) is 5.21. The molecule has 0 saturated carbocycles. The topological polar surface area (TPSA) is 46.2 Å². The largest absolute Gasteiger partial charge is 0.247 e. The quantitative estimate of drug-likeness (QED) is 0.325. The summed E-state index contributed by atoms with van der Waals surface area (Å²) in [6.07, 6.45) is 0. The Balaban J connectivity index is 2.12. The fourth-order valence-corrected chi connectivity index (χ4v) is 4.56. The van der Waals surface area contributed by atoms with Gasteiger partial charge in [-0.3, -0.25) is 0 Å². The summed E-state index contributed by atoms with van der Waals surface area (Å²) in [5.41, 5.74) is 1.15. The van der Waals surface area contributed by atoms with Crippen LogP contribution >= 0.6 is 0 Å². The summed E-state index contributed by atoms with van der Waals surface area (Å²) in [5, 5.41) is 0. The maximum Gasteiger partial charge on any atom is 0.247 e. The van der Waals surface area contributed by atoms with E-state index in [9.17, 15) is 30.4 Å². The van der Waals surface area contributed by atoms with Gasteiger partial charge in [0, 0.05) is 5.92 Å². The highest BCUT2D eigenvalue weighted by Gasteiger charge is 2.36. The lowest BCUT2D eigenvalue weighted by molar-refractivity contribution is 0.356. The first-order valence-electron chi connectivity index (χ1n) is 8.78. The number of rotatable bonds is 6. The van der Waals surface area contributed by atoms with Crippen molar-refractivity contribution in [3.05, 3.63) is 101 Å². The lowest BCUT2D eigenvalue weighted by Gasteiger charge is -2.26. The van der Waals surface area contributed by atoms with Gasteiger partial charge in [0.1, 0.15) is 0 Å². The van der Waals surface area contributed by atoms with Crippen molar-refractivity contribution in [1.29, 1.82) is 0 Å². The minimum Gasteiger partial charge on any atom is -0.207 e. The minimum atomic E-state index is -5.13. The van der Waals surface area contributed by atoms with E-state index in [4.69, 9.17) is 0 Å². The van der Waals surface area contributed by atoms with Crippen LogP contribution in [0, 0.1) is 29.1 Å². The van der Waals surface area contributed by atoms with Crippen molar-refractivity contribution in [2.24, 2.45) is 0 Å². The van der Waals surface area contributed by atoms with Crippen molar-refractivity contribution in [2.45, 2.75) is 23.8 Å². The molecule has 0 unspecified atom stereocenters. The third kappa shape index (κ3) is 4.08. The van der Waals surface area contributed by atoms with Gasteiger partial charge in [-0.15, -0.1) is 0 Å². The molecule has 3 nitrogen and oxygen atoms in total. The summed E-state index contributed by atoms with van der Waals surface area (Å²) in [4.78, 5) is -1.92. The Morgan fingerprint density at radius 3 is 1.53 bits per heavy atom. The van der Waals surface area contributed by atoms with E-state index < -0.39 is 56.0 Å². The summed E-state index contributed by atoms with van der Waals surface area (Å²) < 4.78 is 96.4. The monoisotopic (exact) mass is 441 g/mol. The molecule has 2 atom stereocenters. The first-order chi connectivity index (χ1) is 14.1. The standard InChI is InChI=1S/C21H16F5NO2S/c1-12(13-8-4-2-5-9-13)20(14-10-6-3-7-11-14)27-30(28,29)21-18(25)16(23)15(22)17(24)19(21)26/h2-12,20,27H,1H3/t12-,20+/m1/s1. The zero-order valence-electron chi connectivity index (χ0n) is 15.5. The van der Waals surface area contributed by atoms with Crippen LogP contribution in [0.2, 0.25) is 0 Å². The van der Waals surface area contributed by atoms with E-state index in [1.165, 1.54) is 0 Å². The number of hydrogen-bond acceptors (Lipinski definition) is 2. The van der Waals surface area contributed by atoms with E-state index in [2.05, 4.69) is 4.72 Å². The second-order valence-corrected chi connectivity index (χ2v) is 8.26. The van der Waals surface area contributed by atoms with Crippen LogP contribution in [0.1, 0.15) is 30.0 Å². The van der Waals surface area contributed by atoms with E-state index in [1.54, 1.807) is 67.6 Å². The molecule has 1 N–H and O–H groups in total. The Bertz CT molecular complexity index is 1130. The van der Waals surface area contributed by atoms with E-state index in [-0.39, 0.29) is 0 Å². The molecular formula is C21H16F5NO2S. The molecule has 0 spiro atoms. The zero-order valence-corrected chi connectivity index (χ0v) is 16.4. The maximum absolute atomic E-state index is 14.1. The Morgan fingerprint density at radius 2 is 1.07 bits per heavy atom. The van der Waals surface area contributed by atoms with Crippen LogP contribution in [0.4, 0.5) is 22.0 Å². The summed E-state index contributed by atoms with van der Waals surface area (Å²) in [5.74, 6) is -12.5. The van der Waals surface area contributed by atoms with Crippen molar-refractivity contribution >= 4 is 10.0 Å². The van der Waals surface area contributed by atoms with Crippen molar-refractivity contribution < 1.29 is 30.4 Å². The molecule has 3 aromatic rings. The third-order valence-electron chi connectivity index (χ3n) is 4.70. The number of benzene rings is 3. The van der Waals surface area contributed by atoms with E-state index in [0.717, 1.165) is 0 Å². The van der Waals surface area contributed by atoms with Gasteiger partial charge in [-0.25, -0.2) is 35.1 Å². The van der Waals surface area contributed by atoms with Gasteiger partial charge in [0.05, 0.1) is 6.04 Å². The minimum absolute atomic E-state index is 0.446. The zero-order chi connectivity index (χ0) is 22.1. The molecule has 0 fully saturated rings. The molecular weight excluding hydrogens is 425 g/mol. The molecule has 3 rings (SSSR count). The Morgan fingerprint density at radius 1 is 0.667 bits per heavy atom. The van der Waals surface area contributed by atoms with Crippen LogP contribution in [0.25, 0.3) is 0 Å². The second kappa shape index (κ2) is 8.53. The highest BCUT2D eigenvalue weighted by molar-refractivity contribution is 7.89. The molecule has 0 amide bonds. The number of hydrogen-bond donors (Lipinski definition) is 1. The first-order valence-corrected chi connectivity index (χ1v) is 10.3. The van der Waals surface area contributed by atoms with Gasteiger partial charge in [0.15, 0.2) is 28.2 Å². The molecule has 3 aromatic carbocycles. The lowest BCUT2D eigenvalue weighted by atomic mass is 9.89. The first kappa shape index (κ1) is 21.9. The predicted molar refractivity (Wildman–Crippen MR) is 101 cm³/mol. The SMILES string of the molecule is C[C@H](c1ccccc1)[C@H](NS(=O)(=O)c1c(F)c(F)c(F)c(F)c1F)c1ccccc1. The molecule has 0 aliphatic carbocycles. The van der Waals surface area contributed by atoms with Crippen LogP contribution < -0.4 is 4.72 Å². The summed E-state index contributed by atoms with van der Waals surface area (Å²) >= 11 is 0. The van der Waals surface area contributed by atoms with Crippen LogP contribution in [0.5, 0.6) is 0 Å². The van der Waals surface area contributed by atoms with Gasteiger partial charge in [-0.1, -0.05) is 67.6 Å². The summed E-state index contributed by atoms with van der Waals surface area (Å²) in [7, 11) is -5.13. The molecule has 0 radical (unpaired) electrons. The third-order valence-corrected chi connectivity index (χ3v) is 6.16. The molecule has 0 aliphatic heterocycles. The molecule has 30 heavy (non-hydrogen) atoms. The smallest absolute Gasteiger partial charge is 0.207 e. The van der Waals surface area contributed by atoms with Crippen molar-refractivity contribution in [2.75, 3.05) is 0 Å². The van der Waals surface area contributed by atoms with Gasteiger partial charge >= 0.3 is 0 Å². The van der Waals surface area contributed by atoms with E-state index in [1.807, 2.05) is 0 Å². The average molecular weight is 441 g/mol. The molecule has 0 aromatic heterocycles. The molecule has 0 heterocycles.